The predicted molar refractivity (Wildman–Crippen MR) is 86.6 cm³/mol. The molecule has 0 spiro atoms. The van der Waals surface area contributed by atoms with Gasteiger partial charge in [-0.15, -0.1) is 0 Å². The minimum Gasteiger partial charge on any atom is -0.488 e. The van der Waals surface area contributed by atoms with Crippen LogP contribution in [0.2, 0.25) is 10.0 Å². The highest BCUT2D eigenvalue weighted by Crippen LogP contribution is 2.34. The number of hydrogen-bond acceptors (Lipinski definition) is 2. The summed E-state index contributed by atoms with van der Waals surface area (Å²) >= 11 is 15.5. The summed E-state index contributed by atoms with van der Waals surface area (Å²) in [5.74, 6) is 1.33. The molecule has 0 aliphatic heterocycles. The molecule has 0 radical (unpaired) electrons. The molecular weight excluding hydrogens is 349 g/mol. The van der Waals surface area contributed by atoms with E-state index in [4.69, 9.17) is 27.9 Å². The third-order valence-corrected chi connectivity index (χ3v) is 4.13. The van der Waals surface area contributed by atoms with E-state index in [9.17, 15) is 0 Å². The van der Waals surface area contributed by atoms with Crippen LogP contribution in [-0.2, 0) is 0 Å². The van der Waals surface area contributed by atoms with Crippen molar-refractivity contribution in [1.82, 2.24) is 5.32 Å². The van der Waals surface area contributed by atoms with Crippen molar-refractivity contribution in [3.8, 4) is 5.75 Å². The fourth-order valence-electron chi connectivity index (χ4n) is 1.55. The van der Waals surface area contributed by atoms with Crippen LogP contribution in [0.15, 0.2) is 16.6 Å². The summed E-state index contributed by atoms with van der Waals surface area (Å²) in [5, 5.41) is 4.53. The molecule has 0 amide bonds. The molecule has 0 heterocycles. The highest BCUT2D eigenvalue weighted by Gasteiger charge is 2.10. The first kappa shape index (κ1) is 17.1. The zero-order chi connectivity index (χ0) is 14.4. The van der Waals surface area contributed by atoms with Crippen molar-refractivity contribution in [2.45, 2.75) is 33.3 Å². The van der Waals surface area contributed by atoms with Gasteiger partial charge in [-0.2, -0.15) is 0 Å². The van der Waals surface area contributed by atoms with E-state index in [1.807, 2.05) is 6.92 Å². The Bertz CT molecular complexity index is 413. The maximum Gasteiger partial charge on any atom is 0.139 e. The van der Waals surface area contributed by atoms with Crippen molar-refractivity contribution in [3.05, 3.63) is 26.7 Å². The third-order valence-electron chi connectivity index (χ3n) is 2.63. The highest BCUT2D eigenvalue weighted by molar-refractivity contribution is 9.10. The third kappa shape index (κ3) is 6.35. The molecule has 1 aromatic rings. The lowest BCUT2D eigenvalue weighted by atomic mass is 10.1. The molecule has 1 rings (SSSR count). The van der Waals surface area contributed by atoms with Gasteiger partial charge in [-0.1, -0.05) is 37.0 Å². The average molecular weight is 369 g/mol. The van der Waals surface area contributed by atoms with Gasteiger partial charge in [0, 0.05) is 17.1 Å². The lowest BCUT2D eigenvalue weighted by molar-refractivity contribution is 0.216. The zero-order valence-electron chi connectivity index (χ0n) is 11.5. The lowest BCUT2D eigenvalue weighted by Gasteiger charge is -2.17. The molecule has 1 atom stereocenters. The van der Waals surface area contributed by atoms with Gasteiger partial charge in [0.2, 0.25) is 0 Å². The first-order chi connectivity index (χ1) is 8.90. The maximum absolute atomic E-state index is 6.11. The van der Waals surface area contributed by atoms with E-state index in [0.717, 1.165) is 24.0 Å². The highest BCUT2D eigenvalue weighted by atomic mass is 79.9. The van der Waals surface area contributed by atoms with Crippen molar-refractivity contribution in [3.63, 3.8) is 0 Å². The van der Waals surface area contributed by atoms with Gasteiger partial charge in [-0.05, 0) is 47.8 Å². The Hall–Kier alpha value is 0.0400. The minimum absolute atomic E-state index is 0.0434. The molecule has 5 heteroatoms. The van der Waals surface area contributed by atoms with Crippen LogP contribution >= 0.6 is 39.1 Å². The summed E-state index contributed by atoms with van der Waals surface area (Å²) in [6.45, 7) is 8.22. The molecular formula is C14H20BrCl2NO. The van der Waals surface area contributed by atoms with Crippen molar-refractivity contribution in [2.75, 3.05) is 13.1 Å². The molecule has 108 valence electrons. The second kappa shape index (κ2) is 8.35. The fraction of sp³-hybridized carbons (Fsp3) is 0.571. The number of rotatable bonds is 7. The van der Waals surface area contributed by atoms with Crippen molar-refractivity contribution >= 4 is 39.1 Å². The Morgan fingerprint density at radius 1 is 1.21 bits per heavy atom. The fourth-order valence-corrected chi connectivity index (χ4v) is 2.39. The topological polar surface area (TPSA) is 21.3 Å². The van der Waals surface area contributed by atoms with Gasteiger partial charge in [0.1, 0.15) is 11.9 Å². The Labute approximate surface area is 133 Å². The van der Waals surface area contributed by atoms with E-state index >= 15 is 0 Å². The molecule has 0 aromatic heterocycles. The Kier molecular flexibility index (Phi) is 7.52. The standard InChI is InChI=1S/C14H20BrCl2NO/c1-9(2)4-5-18-8-10(3)19-14-7-12(16)11(15)6-13(14)17/h6-7,9-10,18H,4-5,8H2,1-3H3. The molecule has 0 aliphatic carbocycles. The largest absolute Gasteiger partial charge is 0.488 e. The van der Waals surface area contributed by atoms with Crippen LogP contribution in [0.4, 0.5) is 0 Å². The smallest absolute Gasteiger partial charge is 0.139 e. The first-order valence-corrected chi connectivity index (χ1v) is 7.97. The molecule has 0 bridgehead atoms. The molecule has 1 unspecified atom stereocenters. The Morgan fingerprint density at radius 2 is 1.89 bits per heavy atom. The number of benzene rings is 1. The van der Waals surface area contributed by atoms with Crippen LogP contribution in [0, 0.1) is 5.92 Å². The molecule has 19 heavy (non-hydrogen) atoms. The number of ether oxygens (including phenoxy) is 1. The van der Waals surface area contributed by atoms with E-state index in [1.54, 1.807) is 12.1 Å². The van der Waals surface area contributed by atoms with Gasteiger partial charge in [-0.3, -0.25) is 0 Å². The minimum atomic E-state index is 0.0434. The summed E-state index contributed by atoms with van der Waals surface area (Å²) in [6, 6.07) is 3.48. The summed E-state index contributed by atoms with van der Waals surface area (Å²) in [6.07, 6.45) is 1.21. The Morgan fingerprint density at radius 3 is 2.53 bits per heavy atom. The van der Waals surface area contributed by atoms with E-state index in [1.165, 1.54) is 0 Å². The van der Waals surface area contributed by atoms with Crippen molar-refractivity contribution in [1.29, 1.82) is 0 Å². The quantitative estimate of drug-likeness (QED) is 0.530. The van der Waals surface area contributed by atoms with E-state index < -0.39 is 0 Å². The van der Waals surface area contributed by atoms with Gasteiger partial charge < -0.3 is 10.1 Å². The monoisotopic (exact) mass is 367 g/mol. The second-order valence-electron chi connectivity index (χ2n) is 5.01. The summed E-state index contributed by atoms with van der Waals surface area (Å²) in [4.78, 5) is 0. The van der Waals surface area contributed by atoms with E-state index in [0.29, 0.717) is 21.7 Å². The van der Waals surface area contributed by atoms with Crippen LogP contribution in [0.1, 0.15) is 27.2 Å². The number of nitrogens with one attached hydrogen (secondary N) is 1. The van der Waals surface area contributed by atoms with Gasteiger partial charge in [0.05, 0.1) is 10.0 Å². The van der Waals surface area contributed by atoms with Gasteiger partial charge in [-0.25, -0.2) is 0 Å². The van der Waals surface area contributed by atoms with Gasteiger partial charge in [0.15, 0.2) is 0 Å². The van der Waals surface area contributed by atoms with Gasteiger partial charge >= 0.3 is 0 Å². The van der Waals surface area contributed by atoms with Crippen LogP contribution in [0.3, 0.4) is 0 Å². The normalized spacial score (nSPS) is 12.8. The predicted octanol–water partition coefficient (Wildman–Crippen LogP) is 5.16. The molecule has 2 nitrogen and oxygen atoms in total. The SMILES string of the molecule is CC(C)CCNCC(C)Oc1cc(Cl)c(Br)cc1Cl. The molecule has 1 aromatic carbocycles. The maximum atomic E-state index is 6.11. The number of halogens is 3. The number of hydrogen-bond donors (Lipinski definition) is 1. The summed E-state index contributed by atoms with van der Waals surface area (Å²) in [7, 11) is 0. The molecule has 1 N–H and O–H groups in total. The van der Waals surface area contributed by atoms with Crippen LogP contribution < -0.4 is 10.1 Å². The molecule has 0 saturated heterocycles. The van der Waals surface area contributed by atoms with Crippen LogP contribution in [-0.4, -0.2) is 19.2 Å². The van der Waals surface area contributed by atoms with Crippen molar-refractivity contribution in [2.24, 2.45) is 5.92 Å². The van der Waals surface area contributed by atoms with E-state index in [-0.39, 0.29) is 6.10 Å². The zero-order valence-corrected chi connectivity index (χ0v) is 14.6. The first-order valence-electron chi connectivity index (χ1n) is 6.42. The van der Waals surface area contributed by atoms with Gasteiger partial charge in [0.25, 0.3) is 0 Å². The van der Waals surface area contributed by atoms with Crippen molar-refractivity contribution < 1.29 is 4.74 Å². The second-order valence-corrected chi connectivity index (χ2v) is 6.68. The molecule has 0 aliphatic rings. The van der Waals surface area contributed by atoms with E-state index in [2.05, 4.69) is 35.1 Å². The lowest BCUT2D eigenvalue weighted by Crippen LogP contribution is -2.30. The Balaban J connectivity index is 2.44. The summed E-state index contributed by atoms with van der Waals surface area (Å²) < 4.78 is 6.56. The van der Waals surface area contributed by atoms with Crippen LogP contribution in [0.5, 0.6) is 5.75 Å². The molecule has 0 fully saturated rings. The molecule has 0 saturated carbocycles. The summed E-state index contributed by atoms with van der Waals surface area (Å²) in [5.41, 5.74) is 0. The average Bonchev–Trinajstić information content (AvgIpc) is 2.31. The van der Waals surface area contributed by atoms with Crippen LogP contribution in [0.25, 0.3) is 0 Å².